The third kappa shape index (κ3) is 3.01. The average molecular weight is 238 g/mol. The summed E-state index contributed by atoms with van der Waals surface area (Å²) in [7, 11) is 0. The molecule has 4 N–H and O–H groups in total. The van der Waals surface area contributed by atoms with Crippen LogP contribution in [0.1, 0.15) is 12.0 Å². The Balaban J connectivity index is 2.20. The molecule has 0 fully saturated rings. The van der Waals surface area contributed by atoms with Gasteiger partial charge in [0, 0.05) is 36.8 Å². The van der Waals surface area contributed by atoms with Gasteiger partial charge in [-0.25, -0.2) is 0 Å². The first-order valence-corrected chi connectivity index (χ1v) is 5.81. The van der Waals surface area contributed by atoms with Crippen molar-refractivity contribution in [2.45, 2.75) is 13.0 Å². The van der Waals surface area contributed by atoms with Crippen molar-refractivity contribution < 1.29 is 14.6 Å². The second-order valence-electron chi connectivity index (χ2n) is 3.96. The van der Waals surface area contributed by atoms with Crippen LogP contribution in [-0.4, -0.2) is 31.5 Å². The van der Waals surface area contributed by atoms with E-state index in [9.17, 15) is 0 Å². The highest BCUT2D eigenvalue weighted by Crippen LogP contribution is 2.35. The monoisotopic (exact) mass is 238 g/mol. The lowest BCUT2D eigenvalue weighted by molar-refractivity contribution is 0.289. The Morgan fingerprint density at radius 1 is 1.29 bits per heavy atom. The van der Waals surface area contributed by atoms with Crippen LogP contribution < -0.4 is 20.5 Å². The van der Waals surface area contributed by atoms with Crippen LogP contribution in [0.25, 0.3) is 0 Å². The number of aliphatic hydroxyl groups excluding tert-OH is 1. The number of aliphatic hydroxyl groups is 1. The second-order valence-corrected chi connectivity index (χ2v) is 3.96. The van der Waals surface area contributed by atoms with Gasteiger partial charge < -0.3 is 25.6 Å². The van der Waals surface area contributed by atoms with Crippen LogP contribution in [0.15, 0.2) is 12.1 Å². The van der Waals surface area contributed by atoms with Crippen LogP contribution >= 0.6 is 0 Å². The van der Waals surface area contributed by atoms with E-state index in [2.05, 4.69) is 5.32 Å². The summed E-state index contributed by atoms with van der Waals surface area (Å²) in [6.45, 7) is 2.58. The van der Waals surface area contributed by atoms with Crippen LogP contribution in [0.2, 0.25) is 0 Å². The van der Waals surface area contributed by atoms with E-state index in [-0.39, 0.29) is 6.61 Å². The van der Waals surface area contributed by atoms with Crippen molar-refractivity contribution in [2.75, 3.05) is 32.1 Å². The largest absolute Gasteiger partial charge is 0.489 e. The minimum Gasteiger partial charge on any atom is -0.489 e. The first kappa shape index (κ1) is 12.0. The molecular weight excluding hydrogens is 220 g/mol. The van der Waals surface area contributed by atoms with E-state index in [0.29, 0.717) is 37.7 Å². The summed E-state index contributed by atoms with van der Waals surface area (Å²) >= 11 is 0. The highest BCUT2D eigenvalue weighted by atomic mass is 16.5. The van der Waals surface area contributed by atoms with Gasteiger partial charge in [-0.15, -0.1) is 0 Å². The van der Waals surface area contributed by atoms with Crippen molar-refractivity contribution in [1.82, 2.24) is 5.32 Å². The van der Waals surface area contributed by atoms with E-state index in [1.165, 1.54) is 0 Å². The molecule has 17 heavy (non-hydrogen) atoms. The number of ether oxygens (including phenoxy) is 2. The number of nitrogen functional groups attached to an aromatic ring is 1. The van der Waals surface area contributed by atoms with Gasteiger partial charge in [0.1, 0.15) is 0 Å². The SMILES string of the molecule is Nc1cc(CNCCO)c2c(c1)OCCCO2. The predicted molar refractivity (Wildman–Crippen MR) is 65.3 cm³/mol. The maximum atomic E-state index is 8.74. The van der Waals surface area contributed by atoms with E-state index >= 15 is 0 Å². The Morgan fingerprint density at radius 3 is 2.94 bits per heavy atom. The molecule has 0 amide bonds. The smallest absolute Gasteiger partial charge is 0.165 e. The first-order valence-electron chi connectivity index (χ1n) is 5.81. The van der Waals surface area contributed by atoms with Crippen LogP contribution in [0.3, 0.4) is 0 Å². The molecule has 0 aliphatic carbocycles. The Morgan fingerprint density at radius 2 is 2.12 bits per heavy atom. The first-order chi connectivity index (χ1) is 8.31. The maximum absolute atomic E-state index is 8.74. The molecule has 1 heterocycles. The Labute approximate surface area is 101 Å². The van der Waals surface area contributed by atoms with Gasteiger partial charge >= 0.3 is 0 Å². The molecule has 0 aromatic heterocycles. The Bertz CT molecular complexity index is 382. The molecule has 5 nitrogen and oxygen atoms in total. The van der Waals surface area contributed by atoms with Crippen LogP contribution in [-0.2, 0) is 6.54 Å². The van der Waals surface area contributed by atoms with Gasteiger partial charge in [0.2, 0.25) is 0 Å². The normalized spacial score (nSPS) is 14.4. The number of anilines is 1. The quantitative estimate of drug-likeness (QED) is 0.526. The molecule has 1 aromatic carbocycles. The van der Waals surface area contributed by atoms with E-state index < -0.39 is 0 Å². The minimum absolute atomic E-state index is 0.113. The van der Waals surface area contributed by atoms with Crippen molar-refractivity contribution in [1.29, 1.82) is 0 Å². The Hall–Kier alpha value is -1.46. The van der Waals surface area contributed by atoms with E-state index in [1.54, 1.807) is 6.07 Å². The highest BCUT2D eigenvalue weighted by molar-refractivity contribution is 5.57. The summed E-state index contributed by atoms with van der Waals surface area (Å²) in [5.41, 5.74) is 7.46. The summed E-state index contributed by atoms with van der Waals surface area (Å²) in [4.78, 5) is 0. The lowest BCUT2D eigenvalue weighted by Crippen LogP contribution is -2.18. The summed E-state index contributed by atoms with van der Waals surface area (Å²) in [5, 5.41) is 11.8. The van der Waals surface area contributed by atoms with Crippen molar-refractivity contribution in [3.05, 3.63) is 17.7 Å². The zero-order valence-electron chi connectivity index (χ0n) is 9.74. The van der Waals surface area contributed by atoms with Gasteiger partial charge in [0.05, 0.1) is 19.8 Å². The predicted octanol–water partition coefficient (Wildman–Crippen LogP) is 0.512. The fourth-order valence-corrected chi connectivity index (χ4v) is 1.80. The standard InChI is InChI=1S/C12H18N2O3/c13-10-6-9(8-14-2-3-15)12-11(7-10)16-4-1-5-17-12/h6-7,14-15H,1-5,8,13H2. The average Bonchev–Trinajstić information content (AvgIpc) is 2.54. The van der Waals surface area contributed by atoms with Crippen LogP contribution in [0.4, 0.5) is 5.69 Å². The third-order valence-corrected chi connectivity index (χ3v) is 2.55. The molecule has 2 rings (SSSR count). The lowest BCUT2D eigenvalue weighted by atomic mass is 10.1. The molecule has 0 atom stereocenters. The number of nitrogens with two attached hydrogens (primary N) is 1. The van der Waals surface area contributed by atoms with Crippen molar-refractivity contribution in [2.24, 2.45) is 0 Å². The molecule has 0 saturated carbocycles. The molecule has 1 aliphatic heterocycles. The van der Waals surface area contributed by atoms with Crippen molar-refractivity contribution in [3.63, 3.8) is 0 Å². The van der Waals surface area contributed by atoms with E-state index in [1.807, 2.05) is 6.07 Å². The fourth-order valence-electron chi connectivity index (χ4n) is 1.80. The molecule has 0 unspecified atom stereocenters. The third-order valence-electron chi connectivity index (χ3n) is 2.55. The van der Waals surface area contributed by atoms with E-state index in [4.69, 9.17) is 20.3 Å². The summed E-state index contributed by atoms with van der Waals surface area (Å²) in [6.07, 6.45) is 0.873. The number of fused-ring (bicyclic) bond motifs is 1. The van der Waals surface area contributed by atoms with Gasteiger partial charge in [0.25, 0.3) is 0 Å². The molecule has 1 aliphatic rings. The van der Waals surface area contributed by atoms with Crippen molar-refractivity contribution >= 4 is 5.69 Å². The number of hydrogen-bond donors (Lipinski definition) is 3. The summed E-state index contributed by atoms with van der Waals surface area (Å²) in [5.74, 6) is 1.48. The van der Waals surface area contributed by atoms with Crippen LogP contribution in [0, 0.1) is 0 Å². The zero-order valence-corrected chi connectivity index (χ0v) is 9.74. The number of rotatable bonds is 4. The van der Waals surface area contributed by atoms with Crippen LogP contribution in [0.5, 0.6) is 11.5 Å². The van der Waals surface area contributed by atoms with Gasteiger partial charge in [-0.2, -0.15) is 0 Å². The fraction of sp³-hybridized carbons (Fsp3) is 0.500. The molecule has 1 aromatic rings. The van der Waals surface area contributed by atoms with Gasteiger partial charge in [-0.3, -0.25) is 0 Å². The highest BCUT2D eigenvalue weighted by Gasteiger charge is 2.15. The Kier molecular flexibility index (Phi) is 4.06. The second kappa shape index (κ2) is 5.75. The topological polar surface area (TPSA) is 76.7 Å². The molecule has 0 radical (unpaired) electrons. The molecule has 0 bridgehead atoms. The van der Waals surface area contributed by atoms with E-state index in [0.717, 1.165) is 17.7 Å². The maximum Gasteiger partial charge on any atom is 0.165 e. The molecule has 0 spiro atoms. The molecule has 0 saturated heterocycles. The summed E-state index contributed by atoms with van der Waals surface area (Å²) in [6, 6.07) is 3.66. The van der Waals surface area contributed by atoms with Crippen molar-refractivity contribution in [3.8, 4) is 11.5 Å². The number of benzene rings is 1. The summed E-state index contributed by atoms with van der Waals surface area (Å²) < 4.78 is 11.3. The number of hydrogen-bond acceptors (Lipinski definition) is 5. The van der Waals surface area contributed by atoms with Gasteiger partial charge in [-0.1, -0.05) is 0 Å². The minimum atomic E-state index is 0.113. The lowest BCUT2D eigenvalue weighted by Gasteiger charge is -2.14. The number of nitrogens with one attached hydrogen (secondary N) is 1. The molecule has 94 valence electrons. The molecular formula is C12H18N2O3. The van der Waals surface area contributed by atoms with Gasteiger partial charge in [0.15, 0.2) is 11.5 Å². The zero-order chi connectivity index (χ0) is 12.1. The molecule has 5 heteroatoms. The van der Waals surface area contributed by atoms with Gasteiger partial charge in [-0.05, 0) is 6.07 Å².